The maximum Gasteiger partial charge on any atom is 0.239 e. The molecular weight excluding hydrogens is 377 g/mol. The molecule has 1 saturated heterocycles. The van der Waals surface area contributed by atoms with Gasteiger partial charge in [0.05, 0.1) is 17.9 Å². The van der Waals surface area contributed by atoms with E-state index in [4.69, 9.17) is 0 Å². The molecule has 1 aliphatic heterocycles. The van der Waals surface area contributed by atoms with Gasteiger partial charge in [-0.2, -0.15) is 0 Å². The fraction of sp³-hybridized carbons (Fsp3) is 0.235. The zero-order valence-electron chi connectivity index (χ0n) is 12.7. The molecule has 0 bridgehead atoms. The standard InChI is InChI=1S/C17H15BrFN3O2/c18-11-4-5-15(14(19)9-11)22-8-6-13(17(22)24)16(23)21-10-12-3-1-2-7-20-12/h1-5,7,9,13H,6,8,10H2,(H,21,23). The smallest absolute Gasteiger partial charge is 0.239 e. The van der Waals surface area contributed by atoms with E-state index in [0.29, 0.717) is 23.1 Å². The van der Waals surface area contributed by atoms with E-state index >= 15 is 0 Å². The van der Waals surface area contributed by atoms with Gasteiger partial charge in [0.25, 0.3) is 0 Å². The van der Waals surface area contributed by atoms with Gasteiger partial charge in [0.2, 0.25) is 11.8 Å². The van der Waals surface area contributed by atoms with Crippen LogP contribution in [0.1, 0.15) is 12.1 Å². The molecule has 0 spiro atoms. The van der Waals surface area contributed by atoms with E-state index in [0.717, 1.165) is 0 Å². The molecule has 1 fully saturated rings. The Balaban J connectivity index is 1.66. The van der Waals surface area contributed by atoms with Crippen LogP contribution in [0.15, 0.2) is 47.1 Å². The van der Waals surface area contributed by atoms with Gasteiger partial charge in [-0.3, -0.25) is 14.6 Å². The summed E-state index contributed by atoms with van der Waals surface area (Å²) in [7, 11) is 0. The van der Waals surface area contributed by atoms with Crippen LogP contribution >= 0.6 is 15.9 Å². The van der Waals surface area contributed by atoms with Crippen molar-refractivity contribution < 1.29 is 14.0 Å². The molecule has 24 heavy (non-hydrogen) atoms. The summed E-state index contributed by atoms with van der Waals surface area (Å²) in [5.74, 6) is -2.02. The number of rotatable bonds is 4. The predicted octanol–water partition coefficient (Wildman–Crippen LogP) is 2.65. The Kier molecular flexibility index (Phi) is 4.89. The summed E-state index contributed by atoms with van der Waals surface area (Å²) < 4.78 is 14.6. The van der Waals surface area contributed by atoms with E-state index in [-0.39, 0.29) is 24.0 Å². The van der Waals surface area contributed by atoms with E-state index in [1.807, 2.05) is 6.07 Å². The van der Waals surface area contributed by atoms with Crippen LogP contribution in [-0.2, 0) is 16.1 Å². The molecule has 124 valence electrons. The van der Waals surface area contributed by atoms with Crippen LogP contribution in [-0.4, -0.2) is 23.3 Å². The number of carbonyl (C=O) groups is 2. The molecule has 2 aromatic rings. The lowest BCUT2D eigenvalue weighted by Crippen LogP contribution is -2.36. The maximum atomic E-state index is 14.0. The third kappa shape index (κ3) is 3.46. The lowest BCUT2D eigenvalue weighted by molar-refractivity contribution is -0.132. The highest BCUT2D eigenvalue weighted by Crippen LogP contribution is 2.29. The Morgan fingerprint density at radius 3 is 2.92 bits per heavy atom. The van der Waals surface area contributed by atoms with Crippen LogP contribution in [0.2, 0.25) is 0 Å². The summed E-state index contributed by atoms with van der Waals surface area (Å²) in [6, 6.07) is 9.91. The number of benzene rings is 1. The van der Waals surface area contributed by atoms with E-state index in [9.17, 15) is 14.0 Å². The van der Waals surface area contributed by atoms with E-state index in [1.54, 1.807) is 24.4 Å². The molecule has 1 unspecified atom stereocenters. The minimum absolute atomic E-state index is 0.197. The molecule has 1 N–H and O–H groups in total. The topological polar surface area (TPSA) is 62.3 Å². The van der Waals surface area contributed by atoms with Gasteiger partial charge in [-0.15, -0.1) is 0 Å². The number of hydrogen-bond acceptors (Lipinski definition) is 3. The Bertz CT molecular complexity index is 770. The van der Waals surface area contributed by atoms with Gasteiger partial charge < -0.3 is 10.2 Å². The van der Waals surface area contributed by atoms with E-state index in [2.05, 4.69) is 26.2 Å². The SMILES string of the molecule is O=C(NCc1ccccn1)C1CCN(c2ccc(Br)cc2F)C1=O. The Morgan fingerprint density at radius 2 is 2.21 bits per heavy atom. The van der Waals surface area contributed by atoms with Crippen molar-refractivity contribution in [3.8, 4) is 0 Å². The van der Waals surface area contributed by atoms with Crippen LogP contribution in [0, 0.1) is 11.7 Å². The van der Waals surface area contributed by atoms with Crippen molar-refractivity contribution in [3.05, 3.63) is 58.6 Å². The Morgan fingerprint density at radius 1 is 1.38 bits per heavy atom. The summed E-state index contributed by atoms with van der Waals surface area (Å²) in [4.78, 5) is 30.2. The van der Waals surface area contributed by atoms with Crippen LogP contribution in [0.3, 0.4) is 0 Å². The number of amides is 2. The third-order valence-electron chi connectivity index (χ3n) is 3.89. The highest BCUT2D eigenvalue weighted by Gasteiger charge is 2.38. The van der Waals surface area contributed by atoms with Gasteiger partial charge in [0, 0.05) is 17.2 Å². The number of halogens is 2. The lowest BCUT2D eigenvalue weighted by Gasteiger charge is -2.17. The summed E-state index contributed by atoms with van der Waals surface area (Å²) >= 11 is 3.18. The van der Waals surface area contributed by atoms with E-state index in [1.165, 1.54) is 17.0 Å². The Labute approximate surface area is 147 Å². The van der Waals surface area contributed by atoms with Crippen molar-refractivity contribution in [2.45, 2.75) is 13.0 Å². The summed E-state index contributed by atoms with van der Waals surface area (Å²) in [6.45, 7) is 0.579. The number of aromatic nitrogens is 1. The minimum Gasteiger partial charge on any atom is -0.350 e. The van der Waals surface area contributed by atoms with Gasteiger partial charge in [0.1, 0.15) is 11.7 Å². The van der Waals surface area contributed by atoms with Crippen molar-refractivity contribution >= 4 is 33.4 Å². The first-order chi connectivity index (χ1) is 11.6. The van der Waals surface area contributed by atoms with Gasteiger partial charge in [0.15, 0.2) is 0 Å². The van der Waals surface area contributed by atoms with Crippen LogP contribution in [0.4, 0.5) is 10.1 Å². The molecule has 2 amide bonds. The highest BCUT2D eigenvalue weighted by molar-refractivity contribution is 9.10. The number of pyridine rings is 1. The van der Waals surface area contributed by atoms with Crippen molar-refractivity contribution in [2.75, 3.05) is 11.4 Å². The minimum atomic E-state index is -0.795. The molecule has 1 aliphatic rings. The molecule has 5 nitrogen and oxygen atoms in total. The number of nitrogens with zero attached hydrogens (tertiary/aromatic N) is 2. The highest BCUT2D eigenvalue weighted by atomic mass is 79.9. The average Bonchev–Trinajstić information content (AvgIpc) is 2.95. The number of carbonyl (C=O) groups excluding carboxylic acids is 2. The zero-order valence-corrected chi connectivity index (χ0v) is 14.3. The average molecular weight is 392 g/mol. The normalized spacial score (nSPS) is 17.2. The largest absolute Gasteiger partial charge is 0.350 e. The molecule has 0 radical (unpaired) electrons. The summed E-state index contributed by atoms with van der Waals surface area (Å²) in [6.07, 6.45) is 2.00. The number of hydrogen-bond donors (Lipinski definition) is 1. The van der Waals surface area contributed by atoms with E-state index < -0.39 is 11.7 Å². The number of nitrogens with one attached hydrogen (secondary N) is 1. The second-order valence-electron chi connectivity index (χ2n) is 5.47. The quantitative estimate of drug-likeness (QED) is 0.814. The van der Waals surface area contributed by atoms with Gasteiger partial charge in [-0.1, -0.05) is 22.0 Å². The van der Waals surface area contributed by atoms with Gasteiger partial charge >= 0.3 is 0 Å². The fourth-order valence-electron chi connectivity index (χ4n) is 2.67. The molecule has 1 aromatic heterocycles. The first kappa shape index (κ1) is 16.6. The van der Waals surface area contributed by atoms with Gasteiger partial charge in [-0.25, -0.2) is 4.39 Å². The first-order valence-corrected chi connectivity index (χ1v) is 8.29. The predicted molar refractivity (Wildman–Crippen MR) is 90.6 cm³/mol. The molecule has 1 atom stereocenters. The Hall–Kier alpha value is -2.28. The van der Waals surface area contributed by atoms with Crippen molar-refractivity contribution in [3.63, 3.8) is 0 Å². The molecule has 2 heterocycles. The van der Waals surface area contributed by atoms with Crippen molar-refractivity contribution in [2.24, 2.45) is 5.92 Å². The summed E-state index contributed by atoms with van der Waals surface area (Å²) in [5, 5.41) is 2.72. The van der Waals surface area contributed by atoms with Crippen LogP contribution < -0.4 is 10.2 Å². The lowest BCUT2D eigenvalue weighted by atomic mass is 10.1. The van der Waals surface area contributed by atoms with Crippen LogP contribution in [0.5, 0.6) is 0 Å². The number of anilines is 1. The second kappa shape index (κ2) is 7.09. The second-order valence-corrected chi connectivity index (χ2v) is 6.38. The van der Waals surface area contributed by atoms with Gasteiger partial charge in [-0.05, 0) is 36.8 Å². The molecule has 0 saturated carbocycles. The molecule has 1 aromatic carbocycles. The first-order valence-electron chi connectivity index (χ1n) is 7.50. The van der Waals surface area contributed by atoms with Crippen molar-refractivity contribution in [1.82, 2.24) is 10.3 Å². The molecule has 3 rings (SSSR count). The fourth-order valence-corrected chi connectivity index (χ4v) is 3.00. The third-order valence-corrected chi connectivity index (χ3v) is 4.39. The van der Waals surface area contributed by atoms with Crippen molar-refractivity contribution in [1.29, 1.82) is 0 Å². The molecule has 7 heteroatoms. The summed E-state index contributed by atoms with van der Waals surface area (Å²) in [5.41, 5.74) is 0.912. The maximum absolute atomic E-state index is 14.0. The van der Waals surface area contributed by atoms with Crippen LogP contribution in [0.25, 0.3) is 0 Å². The molecule has 0 aliphatic carbocycles. The molecular formula is C17H15BrFN3O2. The monoisotopic (exact) mass is 391 g/mol. The zero-order chi connectivity index (χ0) is 17.1.